The predicted octanol–water partition coefficient (Wildman–Crippen LogP) is 0.927. The van der Waals surface area contributed by atoms with Gasteiger partial charge in [-0.15, -0.1) is 0 Å². The van der Waals surface area contributed by atoms with Gasteiger partial charge >= 0.3 is 5.97 Å². The van der Waals surface area contributed by atoms with E-state index >= 15 is 0 Å². The lowest BCUT2D eigenvalue weighted by Gasteiger charge is -2.29. The summed E-state index contributed by atoms with van der Waals surface area (Å²) in [7, 11) is 0. The summed E-state index contributed by atoms with van der Waals surface area (Å²) < 4.78 is 5.21. The van der Waals surface area contributed by atoms with E-state index in [0.29, 0.717) is 32.0 Å². The number of hydrogen-bond acceptors (Lipinski definition) is 4. The van der Waals surface area contributed by atoms with Crippen LogP contribution in [-0.4, -0.2) is 42.5 Å². The number of nitrogens with zero attached hydrogens (tertiary/aromatic N) is 1. The summed E-state index contributed by atoms with van der Waals surface area (Å²) in [6, 6.07) is 4.40. The van der Waals surface area contributed by atoms with E-state index in [-0.39, 0.29) is 11.3 Å². The van der Waals surface area contributed by atoms with E-state index < -0.39 is 5.97 Å². The first-order chi connectivity index (χ1) is 7.68. The zero-order valence-corrected chi connectivity index (χ0v) is 8.72. The van der Waals surface area contributed by atoms with Crippen molar-refractivity contribution in [3.05, 3.63) is 23.8 Å². The van der Waals surface area contributed by atoms with Crippen molar-refractivity contribution in [2.45, 2.75) is 0 Å². The SMILES string of the molecule is O=C(O)c1cc(O)ccc1N1CCOCC1. The molecule has 1 heterocycles. The molecule has 1 aromatic rings. The average Bonchev–Trinajstić information content (AvgIpc) is 2.30. The fourth-order valence-corrected chi connectivity index (χ4v) is 1.78. The highest BCUT2D eigenvalue weighted by Gasteiger charge is 2.18. The Morgan fingerprint density at radius 3 is 2.62 bits per heavy atom. The first-order valence-corrected chi connectivity index (χ1v) is 5.07. The number of aromatic hydroxyl groups is 1. The normalized spacial score (nSPS) is 16.1. The molecular weight excluding hydrogens is 210 g/mol. The lowest BCUT2D eigenvalue weighted by Crippen LogP contribution is -2.37. The van der Waals surface area contributed by atoms with Crippen LogP contribution in [0.3, 0.4) is 0 Å². The second-order valence-electron chi connectivity index (χ2n) is 3.61. The van der Waals surface area contributed by atoms with Crippen LogP contribution in [-0.2, 0) is 4.74 Å². The Labute approximate surface area is 92.9 Å². The first kappa shape index (κ1) is 10.8. The van der Waals surface area contributed by atoms with Crippen molar-refractivity contribution in [2.24, 2.45) is 0 Å². The van der Waals surface area contributed by atoms with E-state index in [1.54, 1.807) is 6.07 Å². The van der Waals surface area contributed by atoms with Crippen molar-refractivity contribution in [2.75, 3.05) is 31.2 Å². The molecular formula is C11H13NO4. The van der Waals surface area contributed by atoms with Crippen LogP contribution in [0.25, 0.3) is 0 Å². The molecule has 1 saturated heterocycles. The lowest BCUT2D eigenvalue weighted by atomic mass is 10.1. The molecule has 0 bridgehead atoms. The van der Waals surface area contributed by atoms with Crippen LogP contribution >= 0.6 is 0 Å². The number of carboxylic acid groups (broad SMARTS) is 1. The summed E-state index contributed by atoms with van der Waals surface area (Å²) in [6.45, 7) is 2.54. The number of anilines is 1. The van der Waals surface area contributed by atoms with E-state index in [0.717, 1.165) is 0 Å². The van der Waals surface area contributed by atoms with Gasteiger partial charge in [0, 0.05) is 13.1 Å². The largest absolute Gasteiger partial charge is 0.508 e. The number of phenolic OH excluding ortho intramolecular Hbond substituents is 1. The van der Waals surface area contributed by atoms with Crippen molar-refractivity contribution in [1.82, 2.24) is 0 Å². The number of ether oxygens (including phenoxy) is 1. The maximum Gasteiger partial charge on any atom is 0.337 e. The standard InChI is InChI=1S/C11H13NO4/c13-8-1-2-10(9(7-8)11(14)15)12-3-5-16-6-4-12/h1-2,7,13H,3-6H2,(H,14,15). The van der Waals surface area contributed by atoms with Gasteiger partial charge in [0.2, 0.25) is 0 Å². The molecule has 0 amide bonds. The quantitative estimate of drug-likeness (QED) is 0.780. The van der Waals surface area contributed by atoms with Crippen molar-refractivity contribution in [3.8, 4) is 5.75 Å². The molecule has 2 N–H and O–H groups in total. The zero-order valence-electron chi connectivity index (χ0n) is 8.72. The molecule has 0 radical (unpaired) electrons. The number of carboxylic acids is 1. The van der Waals surface area contributed by atoms with Crippen molar-refractivity contribution in [3.63, 3.8) is 0 Å². The maximum atomic E-state index is 11.0. The summed E-state index contributed by atoms with van der Waals surface area (Å²) in [4.78, 5) is 13.0. The Balaban J connectivity index is 2.34. The summed E-state index contributed by atoms with van der Waals surface area (Å²) in [5.41, 5.74) is 0.760. The van der Waals surface area contributed by atoms with E-state index in [4.69, 9.17) is 9.84 Å². The summed E-state index contributed by atoms with van der Waals surface area (Å²) in [5, 5.41) is 18.3. The van der Waals surface area contributed by atoms with Crippen molar-refractivity contribution in [1.29, 1.82) is 0 Å². The molecule has 5 heteroatoms. The van der Waals surface area contributed by atoms with Gasteiger partial charge in [-0.1, -0.05) is 0 Å². The number of morpholine rings is 1. The number of phenols is 1. The Morgan fingerprint density at radius 1 is 1.31 bits per heavy atom. The van der Waals surface area contributed by atoms with Gasteiger partial charge in [0.1, 0.15) is 5.75 Å². The van der Waals surface area contributed by atoms with Gasteiger partial charge in [-0.3, -0.25) is 0 Å². The minimum absolute atomic E-state index is 0.0330. The Kier molecular flexibility index (Phi) is 2.96. The Bertz CT molecular complexity index is 399. The van der Waals surface area contributed by atoms with Crippen LogP contribution in [0.15, 0.2) is 18.2 Å². The van der Waals surface area contributed by atoms with Gasteiger partial charge in [-0.25, -0.2) is 4.79 Å². The number of hydrogen-bond donors (Lipinski definition) is 2. The maximum absolute atomic E-state index is 11.0. The predicted molar refractivity (Wildman–Crippen MR) is 58.1 cm³/mol. The van der Waals surface area contributed by atoms with E-state index in [2.05, 4.69) is 0 Å². The molecule has 0 spiro atoms. The van der Waals surface area contributed by atoms with E-state index in [9.17, 15) is 9.90 Å². The third kappa shape index (κ3) is 2.09. The molecule has 0 atom stereocenters. The highest BCUT2D eigenvalue weighted by molar-refractivity contribution is 5.95. The second-order valence-corrected chi connectivity index (χ2v) is 3.61. The molecule has 1 aromatic carbocycles. The minimum atomic E-state index is -1.03. The smallest absolute Gasteiger partial charge is 0.337 e. The summed E-state index contributed by atoms with van der Waals surface area (Å²) in [5.74, 6) is -1.06. The average molecular weight is 223 g/mol. The molecule has 0 saturated carbocycles. The van der Waals surface area contributed by atoms with Crippen LogP contribution in [0.4, 0.5) is 5.69 Å². The second kappa shape index (κ2) is 4.40. The van der Waals surface area contributed by atoms with Gasteiger partial charge in [0.25, 0.3) is 0 Å². The fraction of sp³-hybridized carbons (Fsp3) is 0.364. The van der Waals surface area contributed by atoms with Crippen LogP contribution in [0.1, 0.15) is 10.4 Å². The zero-order chi connectivity index (χ0) is 11.5. The summed E-state index contributed by atoms with van der Waals surface area (Å²) in [6.07, 6.45) is 0. The van der Waals surface area contributed by atoms with E-state index in [1.807, 2.05) is 4.90 Å². The van der Waals surface area contributed by atoms with Gasteiger partial charge in [-0.2, -0.15) is 0 Å². The van der Waals surface area contributed by atoms with Gasteiger partial charge in [-0.05, 0) is 18.2 Å². The molecule has 2 rings (SSSR count). The highest BCUT2D eigenvalue weighted by atomic mass is 16.5. The minimum Gasteiger partial charge on any atom is -0.508 e. The third-order valence-corrected chi connectivity index (χ3v) is 2.56. The van der Waals surface area contributed by atoms with Crippen LogP contribution in [0, 0.1) is 0 Å². The lowest BCUT2D eigenvalue weighted by molar-refractivity contribution is 0.0696. The number of carbonyl (C=O) groups is 1. The topological polar surface area (TPSA) is 70.0 Å². The fourth-order valence-electron chi connectivity index (χ4n) is 1.78. The molecule has 0 aromatic heterocycles. The van der Waals surface area contributed by atoms with Gasteiger partial charge in [0.05, 0.1) is 24.5 Å². The van der Waals surface area contributed by atoms with Crippen molar-refractivity contribution < 1.29 is 19.7 Å². The van der Waals surface area contributed by atoms with Crippen LogP contribution in [0.2, 0.25) is 0 Å². The Hall–Kier alpha value is -1.75. The number of rotatable bonds is 2. The third-order valence-electron chi connectivity index (χ3n) is 2.56. The molecule has 1 aliphatic heterocycles. The molecule has 1 fully saturated rings. The molecule has 16 heavy (non-hydrogen) atoms. The van der Waals surface area contributed by atoms with E-state index in [1.165, 1.54) is 12.1 Å². The van der Waals surface area contributed by atoms with Crippen molar-refractivity contribution >= 4 is 11.7 Å². The Morgan fingerprint density at radius 2 is 2.00 bits per heavy atom. The summed E-state index contributed by atoms with van der Waals surface area (Å²) >= 11 is 0. The van der Waals surface area contributed by atoms with Gasteiger partial charge in [0.15, 0.2) is 0 Å². The molecule has 0 aliphatic carbocycles. The first-order valence-electron chi connectivity index (χ1n) is 5.07. The number of benzene rings is 1. The number of aromatic carboxylic acids is 1. The highest BCUT2D eigenvalue weighted by Crippen LogP contribution is 2.25. The molecule has 0 unspecified atom stereocenters. The monoisotopic (exact) mass is 223 g/mol. The molecule has 1 aliphatic rings. The van der Waals surface area contributed by atoms with Crippen LogP contribution in [0.5, 0.6) is 5.75 Å². The molecule has 86 valence electrons. The molecule has 5 nitrogen and oxygen atoms in total. The van der Waals surface area contributed by atoms with Gasteiger partial charge < -0.3 is 19.8 Å². The van der Waals surface area contributed by atoms with Crippen LogP contribution < -0.4 is 4.90 Å².